The van der Waals surface area contributed by atoms with Gasteiger partial charge >= 0.3 is 5.97 Å². The highest BCUT2D eigenvalue weighted by molar-refractivity contribution is 6.03. The number of oxime groups is 1. The van der Waals surface area contributed by atoms with Gasteiger partial charge in [-0.25, -0.2) is 4.79 Å². The molecule has 0 radical (unpaired) electrons. The van der Waals surface area contributed by atoms with Gasteiger partial charge in [-0.15, -0.1) is 0 Å². The summed E-state index contributed by atoms with van der Waals surface area (Å²) in [6, 6.07) is 6.01. The number of nitrogens with zero attached hydrogens (tertiary/aromatic N) is 2. The molecule has 0 saturated carbocycles. The van der Waals surface area contributed by atoms with Crippen molar-refractivity contribution in [3.05, 3.63) is 39.9 Å². The molecule has 0 aliphatic carbocycles. The predicted octanol–water partition coefficient (Wildman–Crippen LogP) is 1.26. The zero-order chi connectivity index (χ0) is 13.1. The Morgan fingerprint density at radius 2 is 2.39 bits per heavy atom. The van der Waals surface area contributed by atoms with Crippen LogP contribution in [0.1, 0.15) is 12.0 Å². The number of methoxy groups -OCH3 is 1. The Kier molecular flexibility index (Phi) is 3.22. The summed E-state index contributed by atoms with van der Waals surface area (Å²) in [6.45, 7) is 0. The van der Waals surface area contributed by atoms with Crippen LogP contribution in [0.2, 0.25) is 0 Å². The number of nitro benzene ring substituents is 1. The molecule has 18 heavy (non-hydrogen) atoms. The minimum Gasteiger partial charge on any atom is -0.466 e. The van der Waals surface area contributed by atoms with E-state index in [2.05, 4.69) is 9.89 Å². The third-order valence-corrected chi connectivity index (χ3v) is 2.52. The van der Waals surface area contributed by atoms with Gasteiger partial charge < -0.3 is 9.57 Å². The first-order valence-corrected chi connectivity index (χ1v) is 5.17. The second kappa shape index (κ2) is 4.82. The topological polar surface area (TPSA) is 91.0 Å². The standard InChI is InChI=1S/C11H10N2O5/c1-17-11(14)10-6-9(12-18-10)7-3-2-4-8(5-7)13(15)16/h2-5,10H,6H2,1H3. The van der Waals surface area contributed by atoms with Crippen LogP contribution in [-0.2, 0) is 14.4 Å². The molecule has 0 bridgehead atoms. The fourth-order valence-electron chi connectivity index (χ4n) is 1.60. The minimum atomic E-state index is -0.774. The van der Waals surface area contributed by atoms with E-state index in [1.165, 1.54) is 19.2 Å². The molecule has 7 nitrogen and oxygen atoms in total. The lowest BCUT2D eigenvalue weighted by molar-refractivity contribution is -0.384. The molecule has 1 aliphatic rings. The molecule has 1 aromatic rings. The summed E-state index contributed by atoms with van der Waals surface area (Å²) < 4.78 is 4.53. The van der Waals surface area contributed by atoms with Crippen LogP contribution in [-0.4, -0.2) is 29.8 Å². The minimum absolute atomic E-state index is 0.0308. The van der Waals surface area contributed by atoms with Gasteiger partial charge in [-0.3, -0.25) is 10.1 Å². The summed E-state index contributed by atoms with van der Waals surface area (Å²) in [7, 11) is 1.26. The molecule has 1 unspecified atom stereocenters. The second-order valence-corrected chi connectivity index (χ2v) is 3.67. The molecule has 1 atom stereocenters. The summed E-state index contributed by atoms with van der Waals surface area (Å²) in [5.74, 6) is -0.515. The summed E-state index contributed by atoms with van der Waals surface area (Å²) >= 11 is 0. The average Bonchev–Trinajstić information content (AvgIpc) is 2.87. The normalized spacial score (nSPS) is 17.8. The molecule has 94 valence electrons. The predicted molar refractivity (Wildman–Crippen MR) is 61.1 cm³/mol. The van der Waals surface area contributed by atoms with E-state index in [4.69, 9.17) is 4.84 Å². The summed E-state index contributed by atoms with van der Waals surface area (Å²) in [5, 5.41) is 14.4. The largest absolute Gasteiger partial charge is 0.466 e. The van der Waals surface area contributed by atoms with E-state index in [0.717, 1.165) is 0 Å². The number of hydrogen-bond donors (Lipinski definition) is 0. The molecular formula is C11H10N2O5. The van der Waals surface area contributed by atoms with Crippen molar-refractivity contribution >= 4 is 17.4 Å². The molecular weight excluding hydrogens is 240 g/mol. The lowest BCUT2D eigenvalue weighted by Gasteiger charge is -2.04. The van der Waals surface area contributed by atoms with Gasteiger partial charge in [0.15, 0.2) is 0 Å². The monoisotopic (exact) mass is 250 g/mol. The Morgan fingerprint density at radius 3 is 3.06 bits per heavy atom. The zero-order valence-electron chi connectivity index (χ0n) is 9.53. The fraction of sp³-hybridized carbons (Fsp3) is 0.273. The SMILES string of the molecule is COC(=O)C1CC(c2cccc([N+](=O)[O-])c2)=NO1. The molecule has 2 rings (SSSR count). The van der Waals surface area contributed by atoms with Crippen LogP contribution in [0.3, 0.4) is 0 Å². The van der Waals surface area contributed by atoms with Gasteiger partial charge in [-0.05, 0) is 0 Å². The fourth-order valence-corrected chi connectivity index (χ4v) is 1.60. The Morgan fingerprint density at radius 1 is 1.61 bits per heavy atom. The van der Waals surface area contributed by atoms with E-state index >= 15 is 0 Å². The molecule has 1 aromatic carbocycles. The van der Waals surface area contributed by atoms with E-state index in [1.54, 1.807) is 12.1 Å². The third kappa shape index (κ3) is 2.29. The quantitative estimate of drug-likeness (QED) is 0.457. The van der Waals surface area contributed by atoms with Crippen LogP contribution in [0, 0.1) is 10.1 Å². The first kappa shape index (κ1) is 12.0. The number of hydrogen-bond acceptors (Lipinski definition) is 6. The summed E-state index contributed by atoms with van der Waals surface area (Å²) in [5.41, 5.74) is 1.03. The van der Waals surface area contributed by atoms with Crippen molar-refractivity contribution in [3.8, 4) is 0 Å². The number of nitro groups is 1. The number of carbonyl (C=O) groups is 1. The number of ether oxygens (including phenoxy) is 1. The van der Waals surface area contributed by atoms with Crippen molar-refractivity contribution < 1.29 is 19.3 Å². The van der Waals surface area contributed by atoms with Crippen molar-refractivity contribution in [1.82, 2.24) is 0 Å². The Balaban J connectivity index is 2.17. The maximum atomic E-state index is 11.2. The van der Waals surface area contributed by atoms with Gasteiger partial charge in [-0.1, -0.05) is 17.3 Å². The highest BCUT2D eigenvalue weighted by atomic mass is 16.7. The summed E-state index contributed by atoms with van der Waals surface area (Å²) in [6.07, 6.45) is -0.530. The van der Waals surface area contributed by atoms with Crippen LogP contribution >= 0.6 is 0 Å². The average molecular weight is 250 g/mol. The lowest BCUT2D eigenvalue weighted by Crippen LogP contribution is -2.22. The third-order valence-electron chi connectivity index (χ3n) is 2.52. The van der Waals surface area contributed by atoms with Crippen LogP contribution < -0.4 is 0 Å². The van der Waals surface area contributed by atoms with E-state index in [0.29, 0.717) is 11.3 Å². The van der Waals surface area contributed by atoms with Gasteiger partial charge in [0.05, 0.1) is 17.7 Å². The van der Waals surface area contributed by atoms with E-state index in [-0.39, 0.29) is 12.1 Å². The van der Waals surface area contributed by atoms with E-state index in [9.17, 15) is 14.9 Å². The van der Waals surface area contributed by atoms with E-state index in [1.807, 2.05) is 0 Å². The van der Waals surface area contributed by atoms with Gasteiger partial charge in [0.1, 0.15) is 0 Å². The molecule has 0 aromatic heterocycles. The van der Waals surface area contributed by atoms with Gasteiger partial charge in [0, 0.05) is 24.1 Å². The Labute approximate surface area is 102 Å². The molecule has 7 heteroatoms. The second-order valence-electron chi connectivity index (χ2n) is 3.67. The van der Waals surface area contributed by atoms with Gasteiger partial charge in [-0.2, -0.15) is 0 Å². The highest BCUT2D eigenvalue weighted by Gasteiger charge is 2.30. The van der Waals surface area contributed by atoms with Crippen LogP contribution in [0.5, 0.6) is 0 Å². The van der Waals surface area contributed by atoms with Gasteiger partial charge in [0.25, 0.3) is 5.69 Å². The Hall–Kier alpha value is -2.44. The molecule has 1 aliphatic heterocycles. The van der Waals surface area contributed by atoms with Crippen LogP contribution in [0.25, 0.3) is 0 Å². The van der Waals surface area contributed by atoms with Gasteiger partial charge in [0.2, 0.25) is 6.10 Å². The van der Waals surface area contributed by atoms with Crippen molar-refractivity contribution in [3.63, 3.8) is 0 Å². The zero-order valence-corrected chi connectivity index (χ0v) is 9.53. The number of carbonyl (C=O) groups excluding carboxylic acids is 1. The number of benzene rings is 1. The molecule has 0 saturated heterocycles. The highest BCUT2D eigenvalue weighted by Crippen LogP contribution is 2.20. The molecule has 0 amide bonds. The van der Waals surface area contributed by atoms with E-state index < -0.39 is 17.0 Å². The summed E-state index contributed by atoms with van der Waals surface area (Å²) in [4.78, 5) is 26.3. The van der Waals surface area contributed by atoms with Crippen LogP contribution in [0.15, 0.2) is 29.4 Å². The Bertz CT molecular complexity index is 526. The molecule has 1 heterocycles. The lowest BCUT2D eigenvalue weighted by atomic mass is 10.0. The molecule has 0 fully saturated rings. The molecule has 0 N–H and O–H groups in total. The molecule has 0 spiro atoms. The van der Waals surface area contributed by atoms with Crippen molar-refractivity contribution in [2.45, 2.75) is 12.5 Å². The smallest absolute Gasteiger partial charge is 0.350 e. The number of non-ortho nitro benzene ring substituents is 1. The number of rotatable bonds is 3. The van der Waals surface area contributed by atoms with Crippen molar-refractivity contribution in [1.29, 1.82) is 0 Å². The van der Waals surface area contributed by atoms with Crippen molar-refractivity contribution in [2.75, 3.05) is 7.11 Å². The first-order chi connectivity index (χ1) is 8.61. The first-order valence-electron chi connectivity index (χ1n) is 5.17. The maximum Gasteiger partial charge on any atom is 0.350 e. The van der Waals surface area contributed by atoms with Crippen molar-refractivity contribution in [2.24, 2.45) is 5.16 Å². The maximum absolute atomic E-state index is 11.2. The van der Waals surface area contributed by atoms with Crippen LogP contribution in [0.4, 0.5) is 5.69 Å². The number of esters is 1.